The van der Waals surface area contributed by atoms with E-state index in [0.717, 1.165) is 0 Å². The Bertz CT molecular complexity index is 949. The third-order valence-corrected chi connectivity index (χ3v) is 9.45. The summed E-state index contributed by atoms with van der Waals surface area (Å²) in [7, 11) is -2.67. The molecule has 0 aliphatic carbocycles. The highest BCUT2D eigenvalue weighted by Gasteiger charge is 2.30. The fourth-order valence-corrected chi connectivity index (χ4v) is 7.55. The molecule has 4 rings (SSSR count). The molecule has 0 aliphatic heterocycles. The van der Waals surface area contributed by atoms with Gasteiger partial charge < -0.3 is 0 Å². The molecule has 0 aromatic heterocycles. The fraction of sp³-hybridized carbons (Fsp3) is 0.111. The van der Waals surface area contributed by atoms with Crippen LogP contribution in [0, 0.1) is 0 Å². The average Bonchev–Trinajstić information content (AvgIpc) is 2.85. The molecular weight excluding hydrogens is 418 g/mol. The molecule has 0 N–H and O–H groups in total. The fourth-order valence-electron chi connectivity index (χ4n) is 3.43. The maximum absolute atomic E-state index is 6.64. The van der Waals surface area contributed by atoms with Gasteiger partial charge in [-0.15, -0.1) is 0 Å². The summed E-state index contributed by atoms with van der Waals surface area (Å²) in [4.78, 5) is 0. The zero-order valence-corrected chi connectivity index (χ0v) is 19.6. The van der Waals surface area contributed by atoms with Crippen LogP contribution < -0.4 is 21.2 Å². The standard InChI is InChI=1S/C27H26O2P2/c1-23(29-31(26-18-10-4-11-19-26)27-20-12-5-13-21-27)22-28-30(24-14-6-2-7-15-24)25-16-8-3-9-17-25/h2-21,23H,22H2,1H3/p+2. The maximum Gasteiger partial charge on any atom is 0.198 e. The number of hydrogen-bond acceptors (Lipinski definition) is 2. The topological polar surface area (TPSA) is 18.5 Å². The predicted octanol–water partition coefficient (Wildman–Crippen LogP) is 4.97. The van der Waals surface area contributed by atoms with Crippen LogP contribution in [-0.2, 0) is 9.05 Å². The largest absolute Gasteiger partial charge is 0.227 e. The van der Waals surface area contributed by atoms with E-state index in [0.29, 0.717) is 6.61 Å². The van der Waals surface area contributed by atoms with Gasteiger partial charge in [0.15, 0.2) is 16.3 Å². The lowest BCUT2D eigenvalue weighted by atomic mass is 10.4. The predicted molar refractivity (Wildman–Crippen MR) is 137 cm³/mol. The van der Waals surface area contributed by atoms with Crippen LogP contribution in [0.2, 0.25) is 0 Å². The van der Waals surface area contributed by atoms with E-state index in [9.17, 15) is 0 Å². The van der Waals surface area contributed by atoms with Crippen LogP contribution in [0.25, 0.3) is 0 Å². The van der Waals surface area contributed by atoms with Crippen molar-refractivity contribution in [1.82, 2.24) is 0 Å². The van der Waals surface area contributed by atoms with Gasteiger partial charge in [0.1, 0.15) is 33.9 Å². The quantitative estimate of drug-likeness (QED) is 0.338. The zero-order valence-electron chi connectivity index (χ0n) is 17.6. The molecule has 0 fully saturated rings. The van der Waals surface area contributed by atoms with E-state index in [1.165, 1.54) is 21.2 Å². The molecular formula is C27H28O2P2+2. The van der Waals surface area contributed by atoms with Gasteiger partial charge in [-0.25, -0.2) is 9.05 Å². The van der Waals surface area contributed by atoms with Gasteiger partial charge >= 0.3 is 0 Å². The average molecular weight is 446 g/mol. The third kappa shape index (κ3) is 6.10. The molecule has 31 heavy (non-hydrogen) atoms. The Morgan fingerprint density at radius 1 is 0.516 bits per heavy atom. The Labute approximate surface area is 187 Å². The SMILES string of the molecule is CC(CO[PH+](c1ccccc1)c1ccccc1)O[PH+](c1ccccc1)c1ccccc1. The minimum absolute atomic E-state index is 0.0123. The Morgan fingerprint density at radius 3 is 1.19 bits per heavy atom. The van der Waals surface area contributed by atoms with Gasteiger partial charge in [-0.2, -0.15) is 0 Å². The van der Waals surface area contributed by atoms with Gasteiger partial charge in [-0.05, 0) is 55.5 Å². The molecule has 0 bridgehead atoms. The summed E-state index contributed by atoms with van der Waals surface area (Å²) in [5.74, 6) is 0. The van der Waals surface area contributed by atoms with E-state index in [1.54, 1.807) is 0 Å². The molecule has 4 heteroatoms. The first-order chi connectivity index (χ1) is 15.3. The molecule has 0 heterocycles. The lowest BCUT2D eigenvalue weighted by Gasteiger charge is -2.16. The maximum atomic E-state index is 6.64. The Morgan fingerprint density at radius 2 is 0.839 bits per heavy atom. The highest BCUT2D eigenvalue weighted by Crippen LogP contribution is 2.39. The summed E-state index contributed by atoms with van der Waals surface area (Å²) >= 11 is 0. The van der Waals surface area contributed by atoms with Gasteiger partial charge in [-0.1, -0.05) is 72.8 Å². The summed E-state index contributed by atoms with van der Waals surface area (Å²) in [6.07, 6.45) is -0.0123. The highest BCUT2D eigenvalue weighted by atomic mass is 31.1. The Kier molecular flexibility index (Phi) is 7.99. The minimum Gasteiger partial charge on any atom is -0.227 e. The van der Waals surface area contributed by atoms with Crippen LogP contribution in [0.4, 0.5) is 0 Å². The van der Waals surface area contributed by atoms with Gasteiger partial charge in [0, 0.05) is 0 Å². The number of hydrogen-bond donors (Lipinski definition) is 0. The molecule has 4 aromatic rings. The van der Waals surface area contributed by atoms with Gasteiger partial charge in [0.05, 0.1) is 0 Å². The smallest absolute Gasteiger partial charge is 0.198 e. The van der Waals surface area contributed by atoms with E-state index >= 15 is 0 Å². The summed E-state index contributed by atoms with van der Waals surface area (Å²) in [6.45, 7) is 2.68. The summed E-state index contributed by atoms with van der Waals surface area (Å²) in [5.41, 5.74) is 0. The molecule has 0 saturated heterocycles. The van der Waals surface area contributed by atoms with Crippen molar-refractivity contribution in [2.24, 2.45) is 0 Å². The van der Waals surface area contributed by atoms with Crippen LogP contribution in [0.5, 0.6) is 0 Å². The molecule has 1 atom stereocenters. The summed E-state index contributed by atoms with van der Waals surface area (Å²) < 4.78 is 13.2. The molecule has 0 aliphatic rings. The van der Waals surface area contributed by atoms with Gasteiger partial charge in [0.2, 0.25) is 0 Å². The molecule has 2 nitrogen and oxygen atoms in total. The Balaban J connectivity index is 1.50. The van der Waals surface area contributed by atoms with Crippen molar-refractivity contribution in [3.63, 3.8) is 0 Å². The second-order valence-corrected chi connectivity index (χ2v) is 11.5. The van der Waals surface area contributed by atoms with Crippen LogP contribution >= 0.6 is 16.3 Å². The lowest BCUT2D eigenvalue weighted by Crippen LogP contribution is -2.22. The van der Waals surface area contributed by atoms with Crippen molar-refractivity contribution < 1.29 is 9.05 Å². The molecule has 1 unspecified atom stereocenters. The molecule has 0 amide bonds. The molecule has 0 saturated carbocycles. The van der Waals surface area contributed by atoms with E-state index < -0.39 is 16.3 Å². The molecule has 0 radical (unpaired) electrons. The Hall–Kier alpha value is -2.34. The van der Waals surface area contributed by atoms with E-state index in [1.807, 2.05) is 12.1 Å². The normalized spacial score (nSPS) is 12.2. The minimum atomic E-state index is -1.34. The van der Waals surface area contributed by atoms with Crippen molar-refractivity contribution in [3.8, 4) is 0 Å². The molecule has 0 spiro atoms. The highest BCUT2D eigenvalue weighted by molar-refractivity contribution is 7.69. The molecule has 156 valence electrons. The van der Waals surface area contributed by atoms with Crippen LogP contribution in [-0.4, -0.2) is 12.7 Å². The van der Waals surface area contributed by atoms with Crippen molar-refractivity contribution in [3.05, 3.63) is 121 Å². The zero-order chi connectivity index (χ0) is 21.3. The van der Waals surface area contributed by atoms with Crippen molar-refractivity contribution >= 4 is 37.5 Å². The first-order valence-corrected chi connectivity index (χ1v) is 13.4. The summed E-state index contributed by atoms with van der Waals surface area (Å²) in [5, 5.41) is 5.01. The third-order valence-electron chi connectivity index (χ3n) is 4.93. The van der Waals surface area contributed by atoms with Gasteiger partial charge in [-0.3, -0.25) is 0 Å². The van der Waals surface area contributed by atoms with Crippen molar-refractivity contribution in [2.45, 2.75) is 13.0 Å². The van der Waals surface area contributed by atoms with Crippen molar-refractivity contribution in [2.75, 3.05) is 6.61 Å². The number of rotatable bonds is 9. The molecule has 4 aromatic carbocycles. The monoisotopic (exact) mass is 446 g/mol. The van der Waals surface area contributed by atoms with E-state index in [4.69, 9.17) is 9.05 Å². The van der Waals surface area contributed by atoms with E-state index in [-0.39, 0.29) is 6.10 Å². The summed E-state index contributed by atoms with van der Waals surface area (Å²) in [6, 6.07) is 42.2. The van der Waals surface area contributed by atoms with Crippen molar-refractivity contribution in [1.29, 1.82) is 0 Å². The first-order valence-electron chi connectivity index (χ1n) is 10.6. The lowest BCUT2D eigenvalue weighted by molar-refractivity contribution is 0.172. The first kappa shape index (κ1) is 21.9. The second kappa shape index (κ2) is 11.3. The second-order valence-electron chi connectivity index (χ2n) is 7.36. The van der Waals surface area contributed by atoms with Crippen LogP contribution in [0.3, 0.4) is 0 Å². The number of benzene rings is 4. The van der Waals surface area contributed by atoms with Crippen LogP contribution in [0.15, 0.2) is 121 Å². The van der Waals surface area contributed by atoms with E-state index in [2.05, 4.69) is 116 Å². The van der Waals surface area contributed by atoms with Gasteiger partial charge in [0.25, 0.3) is 0 Å². The van der Waals surface area contributed by atoms with Crippen LogP contribution in [0.1, 0.15) is 6.92 Å².